The minimum Gasteiger partial charge on any atom is -0.480 e. The molecule has 0 fully saturated rings. The molecule has 0 radical (unpaired) electrons. The fourth-order valence-corrected chi connectivity index (χ4v) is 5.77. The molecule has 7 heteroatoms. The van der Waals surface area contributed by atoms with Gasteiger partial charge in [0.05, 0.1) is 10.6 Å². The van der Waals surface area contributed by atoms with Crippen LogP contribution < -0.4 is 0 Å². The normalized spacial score (nSPS) is 18.4. The van der Waals surface area contributed by atoms with E-state index < -0.39 is 21.6 Å². The number of hydrogen-bond donors (Lipinski definition) is 1. The first kappa shape index (κ1) is 17.7. The van der Waals surface area contributed by atoms with Gasteiger partial charge in [0.2, 0.25) is 0 Å². The summed E-state index contributed by atoms with van der Waals surface area (Å²) in [5.74, 6) is -1.62. The molecule has 3 aromatic rings. The van der Waals surface area contributed by atoms with E-state index in [2.05, 4.69) is 0 Å². The number of sulfone groups is 1. The van der Waals surface area contributed by atoms with Gasteiger partial charge in [0.15, 0.2) is 9.84 Å². The van der Waals surface area contributed by atoms with E-state index in [9.17, 15) is 22.7 Å². The van der Waals surface area contributed by atoms with Gasteiger partial charge in [-0.3, -0.25) is 4.79 Å². The van der Waals surface area contributed by atoms with Crippen molar-refractivity contribution in [1.82, 2.24) is 4.57 Å². The predicted octanol–water partition coefficient (Wildman–Crippen LogP) is 3.48. The maximum Gasteiger partial charge on any atom is 0.323 e. The van der Waals surface area contributed by atoms with Crippen molar-refractivity contribution in [2.24, 2.45) is 0 Å². The van der Waals surface area contributed by atoms with E-state index in [1.807, 2.05) is 6.92 Å². The lowest BCUT2D eigenvalue weighted by atomic mass is 9.87. The second kappa shape index (κ2) is 6.20. The third-order valence-corrected chi connectivity index (χ3v) is 7.10. The largest absolute Gasteiger partial charge is 0.480 e. The highest BCUT2D eigenvalue weighted by atomic mass is 32.2. The highest BCUT2D eigenvalue weighted by molar-refractivity contribution is 7.91. The molecule has 2 heterocycles. The van der Waals surface area contributed by atoms with E-state index in [-0.39, 0.29) is 18.2 Å². The van der Waals surface area contributed by atoms with Crippen LogP contribution in [0.2, 0.25) is 0 Å². The summed E-state index contributed by atoms with van der Waals surface area (Å²) in [5.41, 5.74) is 2.84. The number of aliphatic carboxylic acids is 1. The molecule has 1 N–H and O–H groups in total. The fourth-order valence-electron chi connectivity index (χ4n) is 4.15. The average Bonchev–Trinajstić information content (AvgIpc) is 2.87. The van der Waals surface area contributed by atoms with Crippen molar-refractivity contribution in [2.45, 2.75) is 30.7 Å². The van der Waals surface area contributed by atoms with Crippen LogP contribution >= 0.6 is 0 Å². The van der Waals surface area contributed by atoms with Crippen LogP contribution in [0.1, 0.15) is 29.2 Å². The Labute approximate surface area is 156 Å². The van der Waals surface area contributed by atoms with Crippen LogP contribution in [0.15, 0.2) is 47.4 Å². The Hall–Kier alpha value is -2.67. The monoisotopic (exact) mass is 387 g/mol. The van der Waals surface area contributed by atoms with E-state index in [1.54, 1.807) is 34.9 Å². The summed E-state index contributed by atoms with van der Waals surface area (Å²) in [4.78, 5) is 11.6. The van der Waals surface area contributed by atoms with Crippen LogP contribution in [0.4, 0.5) is 4.39 Å². The molecule has 140 valence electrons. The molecule has 0 bridgehead atoms. The van der Waals surface area contributed by atoms with Gasteiger partial charge in [0, 0.05) is 22.5 Å². The van der Waals surface area contributed by atoms with Crippen molar-refractivity contribution in [3.8, 4) is 0 Å². The lowest BCUT2D eigenvalue weighted by Gasteiger charge is -2.26. The molecular weight excluding hydrogens is 369 g/mol. The number of carboxylic acids is 1. The Morgan fingerprint density at radius 2 is 2.00 bits per heavy atom. The van der Waals surface area contributed by atoms with E-state index >= 15 is 0 Å². The van der Waals surface area contributed by atoms with Gasteiger partial charge in [-0.25, -0.2) is 12.8 Å². The molecule has 0 amide bonds. The lowest BCUT2D eigenvalue weighted by molar-refractivity contribution is -0.137. The van der Waals surface area contributed by atoms with Crippen LogP contribution in [-0.4, -0.2) is 29.8 Å². The van der Waals surface area contributed by atoms with Gasteiger partial charge in [-0.1, -0.05) is 18.2 Å². The summed E-state index contributed by atoms with van der Waals surface area (Å²) in [6.07, 6.45) is 0.378. The Morgan fingerprint density at radius 3 is 2.74 bits per heavy atom. The Morgan fingerprint density at radius 1 is 1.26 bits per heavy atom. The highest BCUT2D eigenvalue weighted by Gasteiger charge is 2.34. The molecule has 0 saturated heterocycles. The molecule has 1 aromatic heterocycles. The first-order valence-electron chi connectivity index (χ1n) is 8.61. The van der Waals surface area contributed by atoms with Crippen LogP contribution in [0, 0.1) is 12.7 Å². The minimum atomic E-state index is -3.34. The number of carboxylic acid groups (broad SMARTS) is 1. The molecule has 0 saturated carbocycles. The zero-order valence-corrected chi connectivity index (χ0v) is 15.5. The van der Waals surface area contributed by atoms with Crippen molar-refractivity contribution in [1.29, 1.82) is 0 Å². The molecule has 4 rings (SSSR count). The summed E-state index contributed by atoms with van der Waals surface area (Å²) in [6.45, 7) is 1.57. The molecule has 27 heavy (non-hydrogen) atoms. The van der Waals surface area contributed by atoms with Crippen LogP contribution in [0.3, 0.4) is 0 Å². The summed E-state index contributed by atoms with van der Waals surface area (Å²) in [6, 6.07) is 11.2. The number of fused-ring (bicyclic) bond motifs is 2. The first-order chi connectivity index (χ1) is 12.8. The molecule has 0 spiro atoms. The molecule has 2 aromatic carbocycles. The number of benzene rings is 2. The van der Waals surface area contributed by atoms with E-state index in [4.69, 9.17) is 0 Å². The number of nitrogens with zero attached hydrogens (tertiary/aromatic N) is 1. The summed E-state index contributed by atoms with van der Waals surface area (Å²) in [7, 11) is -3.34. The summed E-state index contributed by atoms with van der Waals surface area (Å²) >= 11 is 0. The van der Waals surface area contributed by atoms with Gasteiger partial charge < -0.3 is 9.67 Å². The van der Waals surface area contributed by atoms with Crippen molar-refractivity contribution in [3.05, 3.63) is 65.1 Å². The molecule has 0 aliphatic carbocycles. The standard InChI is InChI=1S/C20H18FNO4S/c1-12-20(15-8-9-27(25,26)18-5-3-2-4-14(15)18)16-10-13(21)6-7-17(16)22(12)11-19(23)24/h2-7,10,15H,8-9,11H2,1H3,(H,23,24). The van der Waals surface area contributed by atoms with Gasteiger partial charge in [0.1, 0.15) is 12.4 Å². The lowest BCUT2D eigenvalue weighted by Crippen LogP contribution is -2.21. The summed E-state index contributed by atoms with van der Waals surface area (Å²) < 4.78 is 40.6. The van der Waals surface area contributed by atoms with Gasteiger partial charge in [0.25, 0.3) is 0 Å². The first-order valence-corrected chi connectivity index (χ1v) is 10.3. The van der Waals surface area contributed by atoms with Crippen LogP contribution in [0.25, 0.3) is 10.9 Å². The average molecular weight is 387 g/mol. The SMILES string of the molecule is Cc1c(C2CCS(=O)(=O)c3ccccc32)c2cc(F)ccc2n1CC(=O)O. The van der Waals surface area contributed by atoms with E-state index in [1.165, 1.54) is 12.1 Å². The van der Waals surface area contributed by atoms with E-state index in [0.29, 0.717) is 27.8 Å². The third-order valence-electron chi connectivity index (χ3n) is 5.28. The predicted molar refractivity (Wildman–Crippen MR) is 99.2 cm³/mol. The second-order valence-corrected chi connectivity index (χ2v) is 8.92. The number of carbonyl (C=O) groups is 1. The third kappa shape index (κ3) is 2.82. The Kier molecular flexibility index (Phi) is 4.07. The van der Waals surface area contributed by atoms with E-state index in [0.717, 1.165) is 11.3 Å². The van der Waals surface area contributed by atoms with Crippen LogP contribution in [0.5, 0.6) is 0 Å². The molecule has 1 unspecified atom stereocenters. The fraction of sp³-hybridized carbons (Fsp3) is 0.250. The molecular formula is C20H18FNO4S. The Bertz CT molecular complexity index is 1180. The zero-order chi connectivity index (χ0) is 19.3. The highest BCUT2D eigenvalue weighted by Crippen LogP contribution is 2.43. The van der Waals surface area contributed by atoms with Gasteiger partial charge >= 0.3 is 5.97 Å². The zero-order valence-electron chi connectivity index (χ0n) is 14.6. The van der Waals surface area contributed by atoms with Crippen LogP contribution in [-0.2, 0) is 21.2 Å². The number of hydrogen-bond acceptors (Lipinski definition) is 3. The van der Waals surface area contributed by atoms with Gasteiger partial charge in [-0.15, -0.1) is 0 Å². The maximum atomic E-state index is 14.0. The number of rotatable bonds is 3. The summed E-state index contributed by atoms with van der Waals surface area (Å²) in [5, 5.41) is 9.91. The second-order valence-electron chi connectivity index (χ2n) is 6.84. The van der Waals surface area contributed by atoms with Crippen molar-refractivity contribution >= 4 is 26.7 Å². The molecule has 5 nitrogen and oxygen atoms in total. The molecule has 1 aliphatic heterocycles. The topological polar surface area (TPSA) is 76.4 Å². The Balaban J connectivity index is 2.01. The van der Waals surface area contributed by atoms with Crippen molar-refractivity contribution < 1.29 is 22.7 Å². The maximum absolute atomic E-state index is 14.0. The van der Waals surface area contributed by atoms with Crippen molar-refractivity contribution in [3.63, 3.8) is 0 Å². The van der Waals surface area contributed by atoms with Gasteiger partial charge in [-0.2, -0.15) is 0 Å². The minimum absolute atomic E-state index is 0.00897. The smallest absolute Gasteiger partial charge is 0.323 e. The quantitative estimate of drug-likeness (QED) is 0.746. The molecule has 1 aliphatic rings. The van der Waals surface area contributed by atoms with Gasteiger partial charge in [-0.05, 0) is 48.7 Å². The number of halogens is 1. The molecule has 1 atom stereocenters. The number of aromatic nitrogens is 1. The van der Waals surface area contributed by atoms with Crippen molar-refractivity contribution in [2.75, 3.05) is 5.75 Å².